The first kappa shape index (κ1) is 12.0. The SMILES string of the molecule is CCC(CN)c1nc(CC(F)(F)F)no1. The number of nitrogens with zero attached hydrogens (tertiary/aromatic N) is 2. The molecule has 0 aliphatic rings. The molecule has 0 radical (unpaired) electrons. The Kier molecular flexibility index (Phi) is 3.67. The molecule has 15 heavy (non-hydrogen) atoms. The van der Waals surface area contributed by atoms with Gasteiger partial charge in [-0.1, -0.05) is 12.1 Å². The predicted molar refractivity (Wildman–Crippen MR) is 46.1 cm³/mol. The van der Waals surface area contributed by atoms with Crippen molar-refractivity contribution in [1.29, 1.82) is 0 Å². The highest BCUT2D eigenvalue weighted by atomic mass is 19.4. The van der Waals surface area contributed by atoms with Gasteiger partial charge in [0.1, 0.15) is 6.42 Å². The van der Waals surface area contributed by atoms with Crippen LogP contribution in [0.15, 0.2) is 4.52 Å². The number of halogens is 3. The summed E-state index contributed by atoms with van der Waals surface area (Å²) in [6.07, 6.45) is -4.83. The normalized spacial score (nSPS) is 14.2. The van der Waals surface area contributed by atoms with Crippen LogP contribution in [0.5, 0.6) is 0 Å². The van der Waals surface area contributed by atoms with Crippen LogP contribution < -0.4 is 5.73 Å². The van der Waals surface area contributed by atoms with E-state index in [1.165, 1.54) is 0 Å². The van der Waals surface area contributed by atoms with Crippen LogP contribution in [-0.4, -0.2) is 22.9 Å². The lowest BCUT2D eigenvalue weighted by molar-refractivity contribution is -0.128. The van der Waals surface area contributed by atoms with Gasteiger partial charge in [-0.3, -0.25) is 0 Å². The maximum Gasteiger partial charge on any atom is 0.396 e. The first-order valence-corrected chi connectivity index (χ1v) is 4.55. The number of aromatic nitrogens is 2. The summed E-state index contributed by atoms with van der Waals surface area (Å²) in [5, 5.41) is 3.26. The number of nitrogens with two attached hydrogens (primary N) is 1. The van der Waals surface area contributed by atoms with E-state index in [1.54, 1.807) is 0 Å². The summed E-state index contributed by atoms with van der Waals surface area (Å²) in [5.41, 5.74) is 5.40. The van der Waals surface area contributed by atoms with Crippen molar-refractivity contribution >= 4 is 0 Å². The van der Waals surface area contributed by atoms with E-state index in [9.17, 15) is 13.2 Å². The molecule has 0 aliphatic heterocycles. The summed E-state index contributed by atoms with van der Waals surface area (Å²) in [6.45, 7) is 2.13. The molecule has 1 aromatic rings. The van der Waals surface area contributed by atoms with E-state index in [-0.39, 0.29) is 24.2 Å². The maximum absolute atomic E-state index is 12.0. The molecule has 2 N–H and O–H groups in total. The molecular weight excluding hydrogens is 211 g/mol. The Morgan fingerprint density at radius 3 is 2.60 bits per heavy atom. The maximum atomic E-state index is 12.0. The van der Waals surface area contributed by atoms with E-state index in [1.807, 2.05) is 6.92 Å². The molecule has 1 rings (SSSR count). The lowest BCUT2D eigenvalue weighted by Gasteiger charge is -2.04. The lowest BCUT2D eigenvalue weighted by Crippen LogP contribution is -2.14. The Morgan fingerprint density at radius 2 is 2.13 bits per heavy atom. The summed E-state index contributed by atoms with van der Waals surface area (Å²) in [6, 6.07) is 0. The topological polar surface area (TPSA) is 64.9 Å². The first-order chi connectivity index (χ1) is 6.96. The summed E-state index contributed by atoms with van der Waals surface area (Å²) in [4.78, 5) is 3.66. The molecule has 1 atom stereocenters. The Balaban J connectivity index is 2.71. The van der Waals surface area contributed by atoms with Crippen molar-refractivity contribution in [3.05, 3.63) is 11.7 Å². The Bertz CT molecular complexity index is 306. The molecule has 7 heteroatoms. The molecule has 1 aromatic heterocycles. The average molecular weight is 223 g/mol. The molecule has 0 saturated carbocycles. The molecule has 86 valence electrons. The van der Waals surface area contributed by atoms with E-state index in [4.69, 9.17) is 10.3 Å². The van der Waals surface area contributed by atoms with Gasteiger partial charge in [-0.15, -0.1) is 0 Å². The van der Waals surface area contributed by atoms with E-state index >= 15 is 0 Å². The molecule has 4 nitrogen and oxygen atoms in total. The van der Waals surface area contributed by atoms with E-state index in [0.29, 0.717) is 6.42 Å². The predicted octanol–water partition coefficient (Wildman–Crippen LogP) is 1.63. The van der Waals surface area contributed by atoms with Crippen LogP contribution in [0, 0.1) is 0 Å². The van der Waals surface area contributed by atoms with Crippen LogP contribution in [0.4, 0.5) is 13.2 Å². The van der Waals surface area contributed by atoms with Crippen molar-refractivity contribution in [3.63, 3.8) is 0 Å². The van der Waals surface area contributed by atoms with E-state index in [2.05, 4.69) is 10.1 Å². The van der Waals surface area contributed by atoms with Crippen LogP contribution in [0.3, 0.4) is 0 Å². The highest BCUT2D eigenvalue weighted by molar-refractivity contribution is 4.95. The number of rotatable bonds is 4. The average Bonchev–Trinajstić information content (AvgIpc) is 2.52. The molecule has 0 saturated heterocycles. The molecular formula is C8H12F3N3O. The minimum Gasteiger partial charge on any atom is -0.339 e. The second kappa shape index (κ2) is 4.61. The third-order valence-electron chi connectivity index (χ3n) is 1.97. The van der Waals surface area contributed by atoms with Gasteiger partial charge in [0.15, 0.2) is 5.82 Å². The summed E-state index contributed by atoms with van der Waals surface area (Å²) in [7, 11) is 0. The van der Waals surface area contributed by atoms with Gasteiger partial charge in [-0.2, -0.15) is 18.2 Å². The quantitative estimate of drug-likeness (QED) is 0.842. The van der Waals surface area contributed by atoms with Crippen molar-refractivity contribution in [2.45, 2.75) is 31.9 Å². The summed E-state index contributed by atoms with van der Waals surface area (Å²) in [5.74, 6) is -0.330. The summed E-state index contributed by atoms with van der Waals surface area (Å²) >= 11 is 0. The lowest BCUT2D eigenvalue weighted by atomic mass is 10.1. The van der Waals surface area contributed by atoms with Crippen LogP contribution in [-0.2, 0) is 6.42 Å². The molecule has 0 fully saturated rings. The van der Waals surface area contributed by atoms with Crippen molar-refractivity contribution in [1.82, 2.24) is 10.1 Å². The fourth-order valence-corrected chi connectivity index (χ4v) is 1.13. The van der Waals surface area contributed by atoms with E-state index < -0.39 is 12.6 Å². The van der Waals surface area contributed by atoms with Gasteiger partial charge in [0.05, 0.1) is 5.92 Å². The van der Waals surface area contributed by atoms with E-state index in [0.717, 1.165) is 0 Å². The zero-order valence-electron chi connectivity index (χ0n) is 8.21. The highest BCUT2D eigenvalue weighted by Crippen LogP contribution is 2.21. The van der Waals surface area contributed by atoms with Gasteiger partial charge in [0, 0.05) is 6.54 Å². The van der Waals surface area contributed by atoms with Gasteiger partial charge >= 0.3 is 6.18 Å². The van der Waals surface area contributed by atoms with Gasteiger partial charge < -0.3 is 10.3 Å². The Labute approximate surface area is 84.6 Å². The summed E-state index contributed by atoms with van der Waals surface area (Å²) < 4.78 is 40.6. The number of alkyl halides is 3. The molecule has 1 unspecified atom stereocenters. The molecule has 0 aromatic carbocycles. The van der Waals surface area contributed by atoms with Gasteiger partial charge in [-0.05, 0) is 6.42 Å². The zero-order chi connectivity index (χ0) is 11.5. The van der Waals surface area contributed by atoms with Crippen LogP contribution in [0.1, 0.15) is 31.0 Å². The van der Waals surface area contributed by atoms with Crippen LogP contribution in [0.2, 0.25) is 0 Å². The molecule has 0 amide bonds. The van der Waals surface area contributed by atoms with Crippen LogP contribution >= 0.6 is 0 Å². The smallest absolute Gasteiger partial charge is 0.339 e. The number of hydrogen-bond acceptors (Lipinski definition) is 4. The Morgan fingerprint density at radius 1 is 1.47 bits per heavy atom. The van der Waals surface area contributed by atoms with Crippen molar-refractivity contribution < 1.29 is 17.7 Å². The Hall–Kier alpha value is -1.11. The molecule has 0 aliphatic carbocycles. The minimum atomic E-state index is -4.31. The van der Waals surface area contributed by atoms with Crippen molar-refractivity contribution in [3.8, 4) is 0 Å². The van der Waals surface area contributed by atoms with Crippen molar-refractivity contribution in [2.75, 3.05) is 6.54 Å². The largest absolute Gasteiger partial charge is 0.396 e. The zero-order valence-corrected chi connectivity index (χ0v) is 8.21. The molecule has 1 heterocycles. The molecule has 0 bridgehead atoms. The van der Waals surface area contributed by atoms with Gasteiger partial charge in [0.2, 0.25) is 5.89 Å². The number of hydrogen-bond donors (Lipinski definition) is 1. The first-order valence-electron chi connectivity index (χ1n) is 4.55. The fourth-order valence-electron chi connectivity index (χ4n) is 1.13. The fraction of sp³-hybridized carbons (Fsp3) is 0.750. The van der Waals surface area contributed by atoms with Crippen molar-refractivity contribution in [2.24, 2.45) is 5.73 Å². The van der Waals surface area contributed by atoms with Gasteiger partial charge in [-0.25, -0.2) is 0 Å². The monoisotopic (exact) mass is 223 g/mol. The highest BCUT2D eigenvalue weighted by Gasteiger charge is 2.31. The standard InChI is InChI=1S/C8H12F3N3O/c1-2-5(4-12)7-13-6(14-15-7)3-8(9,10)11/h5H,2-4,12H2,1H3. The molecule has 0 spiro atoms. The second-order valence-electron chi connectivity index (χ2n) is 3.18. The third kappa shape index (κ3) is 3.50. The van der Waals surface area contributed by atoms with Crippen LogP contribution in [0.25, 0.3) is 0 Å². The van der Waals surface area contributed by atoms with Gasteiger partial charge in [0.25, 0.3) is 0 Å². The second-order valence-corrected chi connectivity index (χ2v) is 3.18. The minimum absolute atomic E-state index is 0.167. The third-order valence-corrected chi connectivity index (χ3v) is 1.97.